The van der Waals surface area contributed by atoms with Gasteiger partial charge in [-0.05, 0) is 56.4 Å². The Morgan fingerprint density at radius 2 is 1.84 bits per heavy atom. The molecule has 3 unspecified atom stereocenters. The smallest absolute Gasteiger partial charge is 0.243 e. The minimum absolute atomic E-state index is 0.00777. The summed E-state index contributed by atoms with van der Waals surface area (Å²) in [4.78, 5) is 15.4. The van der Waals surface area contributed by atoms with Crippen molar-refractivity contribution in [2.24, 2.45) is 11.8 Å². The average molecular weight is 462 g/mol. The van der Waals surface area contributed by atoms with Crippen LogP contribution in [0, 0.1) is 18.8 Å². The van der Waals surface area contributed by atoms with Gasteiger partial charge < -0.3 is 14.6 Å². The van der Waals surface area contributed by atoms with Crippen molar-refractivity contribution in [2.45, 2.75) is 51.6 Å². The third-order valence-corrected chi connectivity index (χ3v) is 7.58. The molecule has 1 aliphatic heterocycles. The maximum absolute atomic E-state index is 13.3. The number of likely N-dealkylation sites (tertiary alicyclic amines) is 1. The van der Waals surface area contributed by atoms with Gasteiger partial charge in [-0.25, -0.2) is 8.42 Å². The van der Waals surface area contributed by atoms with Crippen LogP contribution in [0.5, 0.6) is 0 Å². The molecule has 0 spiro atoms. The van der Waals surface area contributed by atoms with Gasteiger partial charge >= 0.3 is 0 Å². The van der Waals surface area contributed by atoms with Gasteiger partial charge in [0.25, 0.3) is 0 Å². The third kappa shape index (κ3) is 6.67. The molecule has 3 rings (SSSR count). The maximum Gasteiger partial charge on any atom is 0.243 e. The molecular weight excluding hydrogens is 426 g/mol. The summed E-state index contributed by atoms with van der Waals surface area (Å²) in [5.74, 6) is 1.45. The molecule has 1 aromatic carbocycles. The van der Waals surface area contributed by atoms with Gasteiger partial charge in [-0.1, -0.05) is 31.5 Å². The summed E-state index contributed by atoms with van der Waals surface area (Å²) in [5.41, 5.74) is 0.967. The molecule has 1 amide bonds. The fourth-order valence-electron chi connectivity index (χ4n) is 4.52. The van der Waals surface area contributed by atoms with Gasteiger partial charge in [-0.2, -0.15) is 4.31 Å². The topological polar surface area (TPSA) is 82.9 Å². The van der Waals surface area contributed by atoms with Crippen LogP contribution in [0.1, 0.15) is 38.5 Å². The van der Waals surface area contributed by atoms with Gasteiger partial charge in [0.2, 0.25) is 15.9 Å². The summed E-state index contributed by atoms with van der Waals surface area (Å²) >= 11 is 0. The monoisotopic (exact) mass is 461 g/mol. The largest absolute Gasteiger partial charge is 0.468 e. The van der Waals surface area contributed by atoms with Gasteiger partial charge in [0, 0.05) is 25.7 Å². The molecule has 2 aromatic rings. The normalized spacial score (nSPS) is 20.9. The number of amides is 1. The van der Waals surface area contributed by atoms with E-state index in [-0.39, 0.29) is 29.9 Å². The standard InChI is InChI=1S/C24H35N3O4S/c1-18-7-9-23(10-8-18)32(29,30)27(16-22-6-5-11-31-22)17-24(28)25-21(4)15-26-13-19(2)12-20(3)14-26/h5-11,19-21H,12-17H2,1-4H3,(H,25,28). The predicted molar refractivity (Wildman–Crippen MR) is 124 cm³/mol. The minimum Gasteiger partial charge on any atom is -0.468 e. The number of carbonyl (C=O) groups excluding carboxylic acids is 1. The summed E-state index contributed by atoms with van der Waals surface area (Å²) < 4.78 is 33.1. The van der Waals surface area contributed by atoms with Gasteiger partial charge in [-0.3, -0.25) is 4.79 Å². The van der Waals surface area contributed by atoms with Gasteiger partial charge in [0.15, 0.2) is 0 Å². The van der Waals surface area contributed by atoms with Crippen molar-refractivity contribution < 1.29 is 17.6 Å². The molecular formula is C24H35N3O4S. The molecule has 176 valence electrons. The summed E-state index contributed by atoms with van der Waals surface area (Å²) in [6.07, 6.45) is 2.73. The number of nitrogens with one attached hydrogen (secondary N) is 1. The molecule has 1 N–H and O–H groups in total. The van der Waals surface area contributed by atoms with Crippen LogP contribution < -0.4 is 5.32 Å². The molecule has 1 aromatic heterocycles. The summed E-state index contributed by atoms with van der Waals surface area (Å²) in [5, 5.41) is 2.98. The lowest BCUT2D eigenvalue weighted by Crippen LogP contribution is -2.49. The molecule has 8 heteroatoms. The van der Waals surface area contributed by atoms with E-state index in [9.17, 15) is 13.2 Å². The number of rotatable bonds is 9. The first kappa shape index (κ1) is 24.5. The van der Waals surface area contributed by atoms with Crippen LogP contribution in [0.25, 0.3) is 0 Å². The second-order valence-corrected chi connectivity index (χ2v) is 11.2. The highest BCUT2D eigenvalue weighted by molar-refractivity contribution is 7.89. The zero-order valence-corrected chi connectivity index (χ0v) is 20.3. The highest BCUT2D eigenvalue weighted by Gasteiger charge is 2.29. The molecule has 32 heavy (non-hydrogen) atoms. The zero-order valence-electron chi connectivity index (χ0n) is 19.5. The first-order valence-electron chi connectivity index (χ1n) is 11.2. The van der Waals surface area contributed by atoms with Crippen LogP contribution in [0.4, 0.5) is 0 Å². The number of piperidine rings is 1. The third-order valence-electron chi connectivity index (χ3n) is 5.77. The van der Waals surface area contributed by atoms with Crippen molar-refractivity contribution >= 4 is 15.9 Å². The van der Waals surface area contributed by atoms with Gasteiger partial charge in [-0.15, -0.1) is 0 Å². The van der Waals surface area contributed by atoms with Crippen LogP contribution in [-0.2, 0) is 21.4 Å². The molecule has 7 nitrogen and oxygen atoms in total. The number of benzene rings is 1. The molecule has 0 radical (unpaired) electrons. The summed E-state index contributed by atoms with van der Waals surface area (Å²) in [7, 11) is -3.86. The van der Waals surface area contributed by atoms with E-state index in [1.807, 2.05) is 13.8 Å². The number of furan rings is 1. The predicted octanol–water partition coefficient (Wildman–Crippen LogP) is 3.26. The molecule has 0 saturated carbocycles. The lowest BCUT2D eigenvalue weighted by atomic mass is 9.92. The van der Waals surface area contributed by atoms with Crippen molar-refractivity contribution in [1.29, 1.82) is 0 Å². The van der Waals surface area contributed by atoms with E-state index in [1.54, 1.807) is 36.4 Å². The quantitative estimate of drug-likeness (QED) is 0.620. The summed E-state index contributed by atoms with van der Waals surface area (Å²) in [6.45, 7) is 10.9. The Hall–Kier alpha value is -2.16. The van der Waals surface area contributed by atoms with E-state index in [0.29, 0.717) is 17.6 Å². The second-order valence-electron chi connectivity index (χ2n) is 9.30. The molecule has 1 fully saturated rings. The van der Waals surface area contributed by atoms with Crippen LogP contribution in [0.2, 0.25) is 0 Å². The van der Waals surface area contributed by atoms with Crippen molar-refractivity contribution in [2.75, 3.05) is 26.2 Å². The zero-order chi connectivity index (χ0) is 23.3. The van der Waals surface area contributed by atoms with Crippen molar-refractivity contribution in [1.82, 2.24) is 14.5 Å². The SMILES string of the molecule is Cc1ccc(S(=O)(=O)N(CC(=O)NC(C)CN2CC(C)CC(C)C2)Cc2ccco2)cc1. The van der Waals surface area contributed by atoms with E-state index in [0.717, 1.165) is 25.2 Å². The number of aryl methyl sites for hydroxylation is 1. The number of sulfonamides is 1. The Morgan fingerprint density at radius 1 is 1.19 bits per heavy atom. The van der Waals surface area contributed by atoms with E-state index in [2.05, 4.69) is 24.1 Å². The first-order chi connectivity index (χ1) is 15.1. The highest BCUT2D eigenvalue weighted by atomic mass is 32.2. The van der Waals surface area contributed by atoms with Crippen molar-refractivity contribution in [3.8, 4) is 0 Å². The Morgan fingerprint density at radius 3 is 2.44 bits per heavy atom. The fraction of sp³-hybridized carbons (Fsp3) is 0.542. The Kier molecular flexibility index (Phi) is 8.14. The van der Waals surface area contributed by atoms with E-state index < -0.39 is 10.0 Å². The van der Waals surface area contributed by atoms with Gasteiger partial charge in [0.1, 0.15) is 5.76 Å². The molecule has 0 aliphatic carbocycles. The van der Waals surface area contributed by atoms with Crippen LogP contribution >= 0.6 is 0 Å². The maximum atomic E-state index is 13.3. The fourth-order valence-corrected chi connectivity index (χ4v) is 5.88. The molecule has 3 atom stereocenters. The number of nitrogens with zero attached hydrogens (tertiary/aromatic N) is 2. The molecule has 1 saturated heterocycles. The molecule has 0 bridgehead atoms. The Balaban J connectivity index is 1.67. The first-order valence-corrected chi connectivity index (χ1v) is 12.7. The highest BCUT2D eigenvalue weighted by Crippen LogP contribution is 2.21. The van der Waals surface area contributed by atoms with Crippen molar-refractivity contribution in [3.05, 3.63) is 54.0 Å². The Bertz CT molecular complexity index is 963. The van der Waals surface area contributed by atoms with Crippen molar-refractivity contribution in [3.63, 3.8) is 0 Å². The molecule has 2 heterocycles. The van der Waals surface area contributed by atoms with Crippen LogP contribution in [0.15, 0.2) is 52.0 Å². The second kappa shape index (κ2) is 10.6. The number of carbonyl (C=O) groups is 1. The van der Waals surface area contributed by atoms with E-state index in [1.165, 1.54) is 17.0 Å². The van der Waals surface area contributed by atoms with Crippen LogP contribution in [0.3, 0.4) is 0 Å². The average Bonchev–Trinajstić information content (AvgIpc) is 3.20. The summed E-state index contributed by atoms with van der Waals surface area (Å²) in [6, 6.07) is 9.97. The Labute approximate surface area is 191 Å². The lowest BCUT2D eigenvalue weighted by Gasteiger charge is -2.36. The molecule has 1 aliphatic rings. The van der Waals surface area contributed by atoms with Gasteiger partial charge in [0.05, 0.1) is 24.2 Å². The van der Waals surface area contributed by atoms with Crippen LogP contribution in [-0.4, -0.2) is 55.8 Å². The minimum atomic E-state index is -3.86. The number of hydrogen-bond donors (Lipinski definition) is 1. The van der Waals surface area contributed by atoms with E-state index >= 15 is 0 Å². The number of hydrogen-bond acceptors (Lipinski definition) is 5. The lowest BCUT2D eigenvalue weighted by molar-refractivity contribution is -0.122. The van der Waals surface area contributed by atoms with E-state index in [4.69, 9.17) is 4.42 Å².